The molecule has 100 valence electrons. The Morgan fingerprint density at radius 2 is 2.05 bits per heavy atom. The lowest BCUT2D eigenvalue weighted by Crippen LogP contribution is -2.29. The van der Waals surface area contributed by atoms with E-state index in [1.807, 2.05) is 42.1 Å². The number of aryl methyl sites for hydroxylation is 1. The number of ether oxygens (including phenoxy) is 1. The average Bonchev–Trinajstić information content (AvgIpc) is 2.91. The van der Waals surface area contributed by atoms with Crippen LogP contribution < -0.4 is 10.1 Å². The summed E-state index contributed by atoms with van der Waals surface area (Å²) in [6.45, 7) is 4.18. The Morgan fingerprint density at radius 1 is 1.26 bits per heavy atom. The highest BCUT2D eigenvalue weighted by Gasteiger charge is 2.16. The molecule has 1 N–H and O–H groups in total. The number of benzene rings is 1. The molecule has 1 aliphatic rings. The van der Waals surface area contributed by atoms with Crippen LogP contribution in [0.25, 0.3) is 0 Å². The summed E-state index contributed by atoms with van der Waals surface area (Å²) < 4.78 is 7.92. The highest BCUT2D eigenvalue weighted by molar-refractivity contribution is 5.35. The van der Waals surface area contributed by atoms with E-state index < -0.39 is 0 Å². The summed E-state index contributed by atoms with van der Waals surface area (Å²) in [5.41, 5.74) is 1.14. The molecule has 0 unspecified atom stereocenters. The molecule has 0 amide bonds. The molecule has 0 aliphatic carbocycles. The molecule has 0 bridgehead atoms. The van der Waals surface area contributed by atoms with Gasteiger partial charge in [-0.3, -0.25) is 4.68 Å². The number of hydrogen-bond acceptors (Lipinski definition) is 3. The Bertz CT molecular complexity index is 544. The van der Waals surface area contributed by atoms with Crippen molar-refractivity contribution in [3.63, 3.8) is 0 Å². The van der Waals surface area contributed by atoms with Crippen LogP contribution in [0.15, 0.2) is 36.7 Å². The second kappa shape index (κ2) is 5.45. The number of hydrogen-bond donors (Lipinski definition) is 1. The standard InChI is InChI=1S/C15H19N3O/c1-12-4-2-3-5-15(12)19-14-10-17-18(11-14)13-6-8-16-9-7-13/h2-5,10-11,13,16H,6-9H2,1H3. The number of rotatable bonds is 3. The molecular weight excluding hydrogens is 238 g/mol. The maximum Gasteiger partial charge on any atom is 0.165 e. The Kier molecular flexibility index (Phi) is 3.51. The van der Waals surface area contributed by atoms with Crippen molar-refractivity contribution in [2.45, 2.75) is 25.8 Å². The van der Waals surface area contributed by atoms with Crippen LogP contribution in [0.5, 0.6) is 11.5 Å². The van der Waals surface area contributed by atoms with Crippen LogP contribution in [0.4, 0.5) is 0 Å². The lowest BCUT2D eigenvalue weighted by Gasteiger charge is -2.22. The van der Waals surface area contributed by atoms with E-state index in [4.69, 9.17) is 4.74 Å². The Morgan fingerprint density at radius 3 is 2.84 bits per heavy atom. The van der Waals surface area contributed by atoms with E-state index in [0.29, 0.717) is 6.04 Å². The van der Waals surface area contributed by atoms with E-state index in [1.165, 1.54) is 0 Å². The SMILES string of the molecule is Cc1ccccc1Oc1cnn(C2CCNCC2)c1. The van der Waals surface area contributed by atoms with Gasteiger partial charge < -0.3 is 10.1 Å². The molecule has 2 aromatic rings. The lowest BCUT2D eigenvalue weighted by molar-refractivity contribution is 0.342. The van der Waals surface area contributed by atoms with Crippen molar-refractivity contribution in [2.75, 3.05) is 13.1 Å². The first kappa shape index (κ1) is 12.2. The van der Waals surface area contributed by atoms with Gasteiger partial charge in [-0.2, -0.15) is 5.10 Å². The minimum atomic E-state index is 0.496. The molecule has 1 aromatic carbocycles. The van der Waals surface area contributed by atoms with Crippen LogP contribution in [-0.4, -0.2) is 22.9 Å². The van der Waals surface area contributed by atoms with Crippen molar-refractivity contribution in [1.82, 2.24) is 15.1 Å². The lowest BCUT2D eigenvalue weighted by atomic mass is 10.1. The van der Waals surface area contributed by atoms with Gasteiger partial charge in [-0.05, 0) is 44.5 Å². The third-order valence-electron chi connectivity index (χ3n) is 3.58. The van der Waals surface area contributed by atoms with Gasteiger partial charge in [0.15, 0.2) is 5.75 Å². The highest BCUT2D eigenvalue weighted by Crippen LogP contribution is 2.26. The zero-order chi connectivity index (χ0) is 13.1. The fourth-order valence-electron chi connectivity index (χ4n) is 2.44. The summed E-state index contributed by atoms with van der Waals surface area (Å²) >= 11 is 0. The van der Waals surface area contributed by atoms with Crippen LogP contribution in [0, 0.1) is 6.92 Å². The van der Waals surface area contributed by atoms with Crippen molar-refractivity contribution in [1.29, 1.82) is 0 Å². The number of piperidine rings is 1. The Hall–Kier alpha value is -1.81. The molecule has 1 fully saturated rings. The fraction of sp³-hybridized carbons (Fsp3) is 0.400. The summed E-state index contributed by atoms with van der Waals surface area (Å²) in [7, 11) is 0. The molecule has 3 rings (SSSR count). The summed E-state index contributed by atoms with van der Waals surface area (Å²) in [5, 5.41) is 7.80. The van der Waals surface area contributed by atoms with E-state index >= 15 is 0 Å². The molecule has 0 atom stereocenters. The van der Waals surface area contributed by atoms with Gasteiger partial charge in [-0.15, -0.1) is 0 Å². The van der Waals surface area contributed by atoms with Crippen LogP contribution >= 0.6 is 0 Å². The highest BCUT2D eigenvalue weighted by atomic mass is 16.5. The summed E-state index contributed by atoms with van der Waals surface area (Å²) in [5.74, 6) is 1.71. The maximum absolute atomic E-state index is 5.88. The average molecular weight is 257 g/mol. The van der Waals surface area contributed by atoms with Gasteiger partial charge >= 0.3 is 0 Å². The zero-order valence-corrected chi connectivity index (χ0v) is 11.2. The fourth-order valence-corrected chi connectivity index (χ4v) is 2.44. The summed E-state index contributed by atoms with van der Waals surface area (Å²) in [6, 6.07) is 8.53. The molecule has 4 heteroatoms. The number of aromatic nitrogens is 2. The first-order valence-corrected chi connectivity index (χ1v) is 6.81. The second-order valence-corrected chi connectivity index (χ2v) is 5.00. The van der Waals surface area contributed by atoms with Gasteiger partial charge in [0, 0.05) is 0 Å². The molecule has 1 aliphatic heterocycles. The zero-order valence-electron chi connectivity index (χ0n) is 11.2. The molecule has 0 radical (unpaired) electrons. The van der Waals surface area contributed by atoms with Crippen LogP contribution in [0.3, 0.4) is 0 Å². The predicted molar refractivity (Wildman–Crippen MR) is 74.6 cm³/mol. The minimum absolute atomic E-state index is 0.496. The number of nitrogens with one attached hydrogen (secondary N) is 1. The molecular formula is C15H19N3O. The van der Waals surface area contributed by atoms with Gasteiger partial charge in [0.1, 0.15) is 5.75 Å². The Labute approximate surface area is 113 Å². The molecule has 0 spiro atoms. The molecule has 4 nitrogen and oxygen atoms in total. The van der Waals surface area contributed by atoms with Gasteiger partial charge in [0.2, 0.25) is 0 Å². The molecule has 0 saturated carbocycles. The van der Waals surface area contributed by atoms with Crippen molar-refractivity contribution < 1.29 is 4.74 Å². The number of nitrogens with zero attached hydrogens (tertiary/aromatic N) is 2. The normalized spacial score (nSPS) is 16.5. The van der Waals surface area contributed by atoms with Gasteiger partial charge in [0.05, 0.1) is 18.4 Å². The number of para-hydroxylation sites is 1. The molecule has 1 saturated heterocycles. The largest absolute Gasteiger partial charge is 0.454 e. The van der Waals surface area contributed by atoms with Crippen LogP contribution in [-0.2, 0) is 0 Å². The maximum atomic E-state index is 5.88. The van der Waals surface area contributed by atoms with E-state index in [1.54, 1.807) is 6.20 Å². The predicted octanol–water partition coefficient (Wildman–Crippen LogP) is 2.91. The van der Waals surface area contributed by atoms with Gasteiger partial charge in [0.25, 0.3) is 0 Å². The summed E-state index contributed by atoms with van der Waals surface area (Å²) in [4.78, 5) is 0. The molecule has 1 aromatic heterocycles. The monoisotopic (exact) mass is 257 g/mol. The smallest absolute Gasteiger partial charge is 0.165 e. The van der Waals surface area contributed by atoms with Gasteiger partial charge in [-0.25, -0.2) is 0 Å². The topological polar surface area (TPSA) is 39.1 Å². The third kappa shape index (κ3) is 2.79. The Balaban J connectivity index is 1.73. The third-order valence-corrected chi connectivity index (χ3v) is 3.58. The first-order valence-electron chi connectivity index (χ1n) is 6.81. The van der Waals surface area contributed by atoms with E-state index in [2.05, 4.69) is 10.4 Å². The quantitative estimate of drug-likeness (QED) is 0.919. The minimum Gasteiger partial charge on any atom is -0.454 e. The van der Waals surface area contributed by atoms with Crippen LogP contribution in [0.2, 0.25) is 0 Å². The molecule has 19 heavy (non-hydrogen) atoms. The second-order valence-electron chi connectivity index (χ2n) is 5.00. The van der Waals surface area contributed by atoms with Crippen molar-refractivity contribution in [2.24, 2.45) is 0 Å². The van der Waals surface area contributed by atoms with E-state index in [0.717, 1.165) is 43.0 Å². The van der Waals surface area contributed by atoms with Crippen molar-refractivity contribution in [3.8, 4) is 11.5 Å². The summed E-state index contributed by atoms with van der Waals surface area (Å²) in [6.07, 6.45) is 6.06. The van der Waals surface area contributed by atoms with E-state index in [9.17, 15) is 0 Å². The van der Waals surface area contributed by atoms with Crippen molar-refractivity contribution in [3.05, 3.63) is 42.2 Å². The first-order chi connectivity index (χ1) is 9.33. The van der Waals surface area contributed by atoms with Crippen molar-refractivity contribution >= 4 is 0 Å². The van der Waals surface area contributed by atoms with Gasteiger partial charge in [-0.1, -0.05) is 18.2 Å². The van der Waals surface area contributed by atoms with Crippen LogP contribution in [0.1, 0.15) is 24.4 Å². The molecule has 2 heterocycles. The van der Waals surface area contributed by atoms with E-state index in [-0.39, 0.29) is 0 Å².